The zero-order chi connectivity index (χ0) is 14.9. The van der Waals surface area contributed by atoms with Crippen LogP contribution >= 0.6 is 0 Å². The molecule has 4 heteroatoms. The van der Waals surface area contributed by atoms with E-state index < -0.39 is 11.6 Å². The third-order valence-electron chi connectivity index (χ3n) is 5.24. The highest BCUT2D eigenvalue weighted by Gasteiger charge is 2.43. The van der Waals surface area contributed by atoms with Gasteiger partial charge in [-0.25, -0.2) is 0 Å². The van der Waals surface area contributed by atoms with Gasteiger partial charge in [-0.05, 0) is 65.0 Å². The van der Waals surface area contributed by atoms with Crippen LogP contribution in [0.1, 0.15) is 46.0 Å². The van der Waals surface area contributed by atoms with Gasteiger partial charge in [0.1, 0.15) is 0 Å². The van der Waals surface area contributed by atoms with Crippen molar-refractivity contribution in [3.8, 4) is 0 Å². The first kappa shape index (κ1) is 15.5. The number of hydrogen-bond acceptors (Lipinski definition) is 3. The van der Waals surface area contributed by atoms with Gasteiger partial charge in [0.15, 0.2) is 0 Å². The van der Waals surface area contributed by atoms with Crippen molar-refractivity contribution in [3.05, 3.63) is 12.2 Å². The van der Waals surface area contributed by atoms with Crippen LogP contribution in [0.25, 0.3) is 0 Å². The second-order valence-corrected chi connectivity index (χ2v) is 6.84. The quantitative estimate of drug-likeness (QED) is 0.779. The zero-order valence-electron chi connectivity index (χ0n) is 12.6. The lowest BCUT2D eigenvalue weighted by Crippen LogP contribution is -2.56. The first-order chi connectivity index (χ1) is 9.31. The van der Waals surface area contributed by atoms with Crippen molar-refractivity contribution in [2.45, 2.75) is 57.6 Å². The number of rotatable bonds is 3. The molecule has 2 N–H and O–H groups in total. The molecule has 1 aliphatic carbocycles. The second-order valence-electron chi connectivity index (χ2n) is 6.84. The number of likely N-dealkylation sites (tertiary alicyclic amines) is 1. The molecule has 1 aliphatic heterocycles. The van der Waals surface area contributed by atoms with E-state index in [2.05, 4.69) is 18.4 Å². The Morgan fingerprint density at radius 2 is 1.85 bits per heavy atom. The highest BCUT2D eigenvalue weighted by molar-refractivity contribution is 5.70. The van der Waals surface area contributed by atoms with E-state index in [1.807, 2.05) is 6.92 Å². The molecule has 114 valence electrons. The molecule has 1 heterocycles. The van der Waals surface area contributed by atoms with Crippen molar-refractivity contribution in [2.75, 3.05) is 13.1 Å². The lowest BCUT2D eigenvalue weighted by atomic mass is 9.72. The molecular weight excluding hydrogens is 254 g/mol. The number of carboxylic acid groups (broad SMARTS) is 1. The van der Waals surface area contributed by atoms with Crippen molar-refractivity contribution >= 4 is 5.97 Å². The highest BCUT2D eigenvalue weighted by atomic mass is 16.4. The molecule has 0 aromatic carbocycles. The minimum absolute atomic E-state index is 0.132. The Balaban J connectivity index is 2.02. The summed E-state index contributed by atoms with van der Waals surface area (Å²) in [6.45, 7) is 9.61. The van der Waals surface area contributed by atoms with Crippen LogP contribution in [0.4, 0.5) is 0 Å². The van der Waals surface area contributed by atoms with Gasteiger partial charge in [-0.1, -0.05) is 12.2 Å². The molecular formula is C16H27NO3. The summed E-state index contributed by atoms with van der Waals surface area (Å²) in [6.07, 6.45) is 4.14. The average Bonchev–Trinajstić information content (AvgIpc) is 2.38. The normalized spacial score (nSPS) is 36.8. The third kappa shape index (κ3) is 3.23. The van der Waals surface area contributed by atoms with E-state index in [1.165, 1.54) is 5.57 Å². The van der Waals surface area contributed by atoms with Crippen molar-refractivity contribution in [2.24, 2.45) is 11.8 Å². The van der Waals surface area contributed by atoms with Gasteiger partial charge in [0.25, 0.3) is 0 Å². The van der Waals surface area contributed by atoms with Crippen LogP contribution in [-0.2, 0) is 4.79 Å². The highest BCUT2D eigenvalue weighted by Crippen LogP contribution is 2.39. The first-order valence-electron chi connectivity index (χ1n) is 7.66. The third-order valence-corrected chi connectivity index (χ3v) is 5.24. The molecule has 0 spiro atoms. The van der Waals surface area contributed by atoms with Crippen LogP contribution in [0, 0.1) is 11.8 Å². The fraction of sp³-hybridized carbons (Fsp3) is 0.812. The molecule has 1 saturated heterocycles. The summed E-state index contributed by atoms with van der Waals surface area (Å²) in [5.74, 6) is -0.408. The molecule has 4 nitrogen and oxygen atoms in total. The summed E-state index contributed by atoms with van der Waals surface area (Å²) in [4.78, 5) is 13.3. The van der Waals surface area contributed by atoms with Gasteiger partial charge in [-0.3, -0.25) is 9.69 Å². The summed E-state index contributed by atoms with van der Waals surface area (Å²) in [7, 11) is 0. The van der Waals surface area contributed by atoms with E-state index in [-0.39, 0.29) is 12.0 Å². The van der Waals surface area contributed by atoms with Crippen LogP contribution in [0.2, 0.25) is 0 Å². The lowest BCUT2D eigenvalue weighted by Gasteiger charge is -2.48. The first-order valence-corrected chi connectivity index (χ1v) is 7.66. The Labute approximate surface area is 121 Å². The van der Waals surface area contributed by atoms with E-state index in [4.69, 9.17) is 5.11 Å². The molecule has 0 aromatic rings. The molecule has 1 saturated carbocycles. The van der Waals surface area contributed by atoms with Crippen LogP contribution in [0.15, 0.2) is 12.2 Å². The van der Waals surface area contributed by atoms with Crippen LogP contribution < -0.4 is 0 Å². The summed E-state index contributed by atoms with van der Waals surface area (Å²) in [5.41, 5.74) is 0.535. The molecule has 0 aromatic heterocycles. The molecule has 2 rings (SSSR count). The maximum Gasteiger partial charge on any atom is 0.306 e. The monoisotopic (exact) mass is 281 g/mol. The fourth-order valence-corrected chi connectivity index (χ4v) is 3.72. The Hall–Kier alpha value is -0.870. The standard InChI is InChI=1S/C16H27NO3/c1-11(2)13-4-7-16(3,20)14(10-13)17-8-5-12(6-9-17)15(18)19/h12-14,20H,1,4-10H2,2-3H3,(H,18,19)/t13-,14+,16+/m1/s1. The summed E-state index contributed by atoms with van der Waals surface area (Å²) >= 11 is 0. The molecule has 20 heavy (non-hydrogen) atoms. The Morgan fingerprint density at radius 3 is 2.35 bits per heavy atom. The number of allylic oxidation sites excluding steroid dienone is 1. The number of carbonyl (C=O) groups is 1. The number of nitrogens with zero attached hydrogens (tertiary/aromatic N) is 1. The largest absolute Gasteiger partial charge is 0.481 e. The van der Waals surface area contributed by atoms with E-state index in [0.29, 0.717) is 18.8 Å². The van der Waals surface area contributed by atoms with Gasteiger partial charge < -0.3 is 10.2 Å². The average molecular weight is 281 g/mol. The number of aliphatic hydroxyl groups is 1. The summed E-state index contributed by atoms with van der Waals surface area (Å²) in [6, 6.07) is 0.132. The van der Waals surface area contributed by atoms with Crippen LogP contribution in [0.5, 0.6) is 0 Å². The maximum atomic E-state index is 11.0. The SMILES string of the molecule is C=C(C)[C@@H]1CC[C@](C)(O)[C@@H](N2CCC(C(=O)O)CC2)C1. The van der Waals surface area contributed by atoms with Crippen molar-refractivity contribution in [3.63, 3.8) is 0 Å². The molecule has 0 radical (unpaired) electrons. The number of piperidine rings is 1. The number of carboxylic acids is 1. The Bertz CT molecular complexity index is 383. The maximum absolute atomic E-state index is 11.0. The molecule has 0 bridgehead atoms. The van der Waals surface area contributed by atoms with E-state index >= 15 is 0 Å². The fourth-order valence-electron chi connectivity index (χ4n) is 3.72. The topological polar surface area (TPSA) is 60.8 Å². The van der Waals surface area contributed by atoms with Gasteiger partial charge in [-0.2, -0.15) is 0 Å². The predicted molar refractivity (Wildman–Crippen MR) is 78.5 cm³/mol. The molecule has 3 atom stereocenters. The van der Waals surface area contributed by atoms with Gasteiger partial charge in [0.2, 0.25) is 0 Å². The van der Waals surface area contributed by atoms with E-state index in [9.17, 15) is 9.90 Å². The van der Waals surface area contributed by atoms with E-state index in [0.717, 1.165) is 32.4 Å². The Morgan fingerprint density at radius 1 is 1.25 bits per heavy atom. The number of aliphatic carboxylic acids is 1. The number of hydrogen-bond donors (Lipinski definition) is 2. The van der Waals surface area contributed by atoms with Gasteiger partial charge in [0.05, 0.1) is 11.5 Å². The van der Waals surface area contributed by atoms with Crippen LogP contribution in [0.3, 0.4) is 0 Å². The lowest BCUT2D eigenvalue weighted by molar-refractivity contribution is -0.144. The molecule has 2 aliphatic rings. The zero-order valence-corrected chi connectivity index (χ0v) is 12.6. The minimum Gasteiger partial charge on any atom is -0.481 e. The second kappa shape index (κ2) is 5.86. The van der Waals surface area contributed by atoms with Crippen molar-refractivity contribution in [1.29, 1.82) is 0 Å². The molecule has 2 fully saturated rings. The minimum atomic E-state index is -0.681. The Kier molecular flexibility index (Phi) is 4.55. The van der Waals surface area contributed by atoms with Gasteiger partial charge in [-0.15, -0.1) is 0 Å². The van der Waals surface area contributed by atoms with E-state index in [1.54, 1.807) is 0 Å². The van der Waals surface area contributed by atoms with Gasteiger partial charge in [0, 0.05) is 6.04 Å². The summed E-state index contributed by atoms with van der Waals surface area (Å²) < 4.78 is 0. The smallest absolute Gasteiger partial charge is 0.306 e. The van der Waals surface area contributed by atoms with Gasteiger partial charge >= 0.3 is 5.97 Å². The van der Waals surface area contributed by atoms with Crippen molar-refractivity contribution < 1.29 is 15.0 Å². The molecule has 0 amide bonds. The van der Waals surface area contributed by atoms with Crippen molar-refractivity contribution in [1.82, 2.24) is 4.90 Å². The van der Waals surface area contributed by atoms with Crippen LogP contribution in [-0.4, -0.2) is 45.8 Å². The predicted octanol–water partition coefficient (Wildman–Crippen LogP) is 2.28. The summed E-state index contributed by atoms with van der Waals surface area (Å²) in [5, 5.41) is 19.7. The molecule has 0 unspecified atom stereocenters.